The van der Waals surface area contributed by atoms with Gasteiger partial charge < -0.3 is 29.9 Å². The molecule has 32 heavy (non-hydrogen) atoms. The molecular formula is C20H24Cl2N6O4. The summed E-state index contributed by atoms with van der Waals surface area (Å²) in [5.74, 6) is -0.430. The summed E-state index contributed by atoms with van der Waals surface area (Å²) in [5, 5.41) is 13.1. The van der Waals surface area contributed by atoms with Crippen molar-refractivity contribution in [2.45, 2.75) is 25.8 Å². The topological polar surface area (TPSA) is 124 Å². The van der Waals surface area contributed by atoms with Crippen LogP contribution in [0.2, 0.25) is 10.0 Å². The lowest BCUT2D eigenvalue weighted by atomic mass is 10.0. The Bertz CT molecular complexity index is 1020. The van der Waals surface area contributed by atoms with Crippen molar-refractivity contribution in [3.63, 3.8) is 0 Å². The molecule has 4 heterocycles. The van der Waals surface area contributed by atoms with Gasteiger partial charge in [-0.1, -0.05) is 23.2 Å². The summed E-state index contributed by atoms with van der Waals surface area (Å²) >= 11 is 12.2. The maximum atomic E-state index is 12.6. The Morgan fingerprint density at radius 2 is 1.81 bits per heavy atom. The van der Waals surface area contributed by atoms with Crippen LogP contribution in [0.25, 0.3) is 0 Å². The monoisotopic (exact) mass is 482 g/mol. The lowest BCUT2D eigenvalue weighted by molar-refractivity contribution is 0.0690. The minimum atomic E-state index is -1.10. The first-order valence-electron chi connectivity index (χ1n) is 10.4. The standard InChI is InChI=1S/C20H24Cl2N6O4/c1-11-15(21)16(22)17(23-11)18(29)24-12-2-4-27(5-3-12)14-10-13(19(30)31)25-20(26-14)28-6-8-32-9-7-28/h10,12,23H,2-9H2,1H3,(H,24,29)(H,30,31). The lowest BCUT2D eigenvalue weighted by Gasteiger charge is -2.34. The zero-order valence-corrected chi connectivity index (χ0v) is 19.0. The summed E-state index contributed by atoms with van der Waals surface area (Å²) in [6.45, 7) is 5.31. The summed E-state index contributed by atoms with van der Waals surface area (Å²) in [5.41, 5.74) is 0.861. The van der Waals surface area contributed by atoms with Crippen molar-refractivity contribution in [3.05, 3.63) is 33.2 Å². The SMILES string of the molecule is Cc1[nH]c(C(=O)NC2CCN(c3cc(C(=O)O)nc(N4CCOCC4)n3)CC2)c(Cl)c1Cl. The number of aromatic nitrogens is 3. The minimum absolute atomic E-state index is 0.0412. The Labute approximate surface area is 194 Å². The van der Waals surface area contributed by atoms with E-state index >= 15 is 0 Å². The third-order valence-electron chi connectivity index (χ3n) is 5.65. The number of hydrogen-bond donors (Lipinski definition) is 3. The van der Waals surface area contributed by atoms with E-state index in [0.717, 1.165) is 0 Å². The normalized spacial score (nSPS) is 17.5. The van der Waals surface area contributed by atoms with Gasteiger partial charge in [0.2, 0.25) is 5.95 Å². The number of aromatic carboxylic acids is 1. The highest BCUT2D eigenvalue weighted by Gasteiger charge is 2.26. The van der Waals surface area contributed by atoms with Crippen LogP contribution in [-0.2, 0) is 4.74 Å². The van der Waals surface area contributed by atoms with Crippen molar-refractivity contribution in [2.24, 2.45) is 0 Å². The maximum absolute atomic E-state index is 12.6. The minimum Gasteiger partial charge on any atom is -0.477 e. The highest BCUT2D eigenvalue weighted by atomic mass is 35.5. The second-order valence-electron chi connectivity index (χ2n) is 7.80. The van der Waals surface area contributed by atoms with Crippen molar-refractivity contribution >= 4 is 46.8 Å². The fourth-order valence-electron chi connectivity index (χ4n) is 3.84. The number of hydrogen-bond acceptors (Lipinski definition) is 7. The van der Waals surface area contributed by atoms with Crippen LogP contribution in [0.4, 0.5) is 11.8 Å². The molecule has 0 atom stereocenters. The Balaban J connectivity index is 1.43. The van der Waals surface area contributed by atoms with Crippen molar-refractivity contribution in [2.75, 3.05) is 49.2 Å². The number of carbonyl (C=O) groups is 2. The predicted molar refractivity (Wildman–Crippen MR) is 120 cm³/mol. The zero-order chi connectivity index (χ0) is 22.8. The largest absolute Gasteiger partial charge is 0.477 e. The highest BCUT2D eigenvalue weighted by molar-refractivity contribution is 6.44. The molecule has 10 nitrogen and oxygen atoms in total. The third kappa shape index (κ3) is 4.77. The molecule has 172 valence electrons. The quantitative estimate of drug-likeness (QED) is 0.593. The number of aromatic amines is 1. The molecule has 0 bridgehead atoms. The molecule has 3 N–H and O–H groups in total. The van der Waals surface area contributed by atoms with Gasteiger partial charge >= 0.3 is 5.97 Å². The van der Waals surface area contributed by atoms with Crippen LogP contribution in [0.5, 0.6) is 0 Å². The van der Waals surface area contributed by atoms with E-state index in [1.54, 1.807) is 6.92 Å². The first kappa shape index (κ1) is 22.6. The fraction of sp³-hybridized carbons (Fsp3) is 0.500. The number of morpholine rings is 1. The summed E-state index contributed by atoms with van der Waals surface area (Å²) < 4.78 is 5.36. The number of amides is 1. The van der Waals surface area contributed by atoms with Gasteiger partial charge in [-0.05, 0) is 19.8 Å². The Morgan fingerprint density at radius 3 is 2.41 bits per heavy atom. The summed E-state index contributed by atoms with van der Waals surface area (Å²) in [6, 6.07) is 1.45. The number of nitrogens with one attached hydrogen (secondary N) is 2. The van der Waals surface area contributed by atoms with Gasteiger partial charge in [0.25, 0.3) is 5.91 Å². The van der Waals surface area contributed by atoms with Crippen LogP contribution >= 0.6 is 23.2 Å². The summed E-state index contributed by atoms with van der Waals surface area (Å²) in [4.78, 5) is 39.9. The Hall–Kier alpha value is -2.56. The van der Waals surface area contributed by atoms with Crippen molar-refractivity contribution < 1.29 is 19.4 Å². The first-order valence-corrected chi connectivity index (χ1v) is 11.1. The molecular weight excluding hydrogens is 459 g/mol. The van der Waals surface area contributed by atoms with Gasteiger partial charge in [-0.2, -0.15) is 4.98 Å². The number of carbonyl (C=O) groups excluding carboxylic acids is 1. The molecule has 0 aromatic carbocycles. The van der Waals surface area contributed by atoms with Crippen LogP contribution in [-0.4, -0.2) is 77.4 Å². The van der Waals surface area contributed by atoms with Gasteiger partial charge in [-0.3, -0.25) is 4.79 Å². The number of H-pyrrole nitrogens is 1. The van der Waals surface area contributed by atoms with E-state index < -0.39 is 5.97 Å². The van der Waals surface area contributed by atoms with Gasteiger partial charge in [0.15, 0.2) is 5.69 Å². The molecule has 2 fully saturated rings. The molecule has 4 rings (SSSR count). The maximum Gasteiger partial charge on any atom is 0.354 e. The molecule has 1 amide bonds. The molecule has 0 aliphatic carbocycles. The number of carboxylic acids is 1. The number of anilines is 2. The Morgan fingerprint density at radius 1 is 1.12 bits per heavy atom. The average Bonchev–Trinajstić information content (AvgIpc) is 3.07. The third-order valence-corrected chi connectivity index (χ3v) is 6.60. The van der Waals surface area contributed by atoms with Crippen molar-refractivity contribution in [1.82, 2.24) is 20.3 Å². The van der Waals surface area contributed by atoms with Crippen LogP contribution in [0.15, 0.2) is 6.07 Å². The molecule has 2 aliphatic heterocycles. The van der Waals surface area contributed by atoms with Crippen molar-refractivity contribution in [1.29, 1.82) is 0 Å². The average molecular weight is 483 g/mol. The van der Waals surface area contributed by atoms with E-state index in [1.807, 2.05) is 9.80 Å². The second kappa shape index (κ2) is 9.51. The van der Waals surface area contributed by atoms with E-state index in [9.17, 15) is 14.7 Å². The number of rotatable bonds is 5. The molecule has 12 heteroatoms. The lowest BCUT2D eigenvalue weighted by Crippen LogP contribution is -2.45. The van der Waals surface area contributed by atoms with E-state index in [1.165, 1.54) is 6.07 Å². The van der Waals surface area contributed by atoms with E-state index in [0.29, 0.717) is 74.7 Å². The smallest absolute Gasteiger partial charge is 0.354 e. The number of halogens is 2. The van der Waals surface area contributed by atoms with Crippen LogP contribution in [0.1, 0.15) is 39.5 Å². The molecule has 0 unspecified atom stereocenters. The number of nitrogens with zero attached hydrogens (tertiary/aromatic N) is 4. The Kier molecular flexibility index (Phi) is 6.73. The molecule has 2 aromatic heterocycles. The zero-order valence-electron chi connectivity index (χ0n) is 17.5. The number of ether oxygens (including phenoxy) is 1. The van der Waals surface area contributed by atoms with Crippen molar-refractivity contribution in [3.8, 4) is 0 Å². The van der Waals surface area contributed by atoms with Crippen LogP contribution in [0, 0.1) is 6.92 Å². The summed E-state index contributed by atoms with van der Waals surface area (Å²) in [6.07, 6.45) is 1.35. The van der Waals surface area contributed by atoms with Crippen LogP contribution in [0.3, 0.4) is 0 Å². The number of piperidine rings is 1. The van der Waals surface area contributed by atoms with Gasteiger partial charge in [-0.25, -0.2) is 9.78 Å². The fourth-order valence-corrected chi connectivity index (χ4v) is 4.25. The molecule has 2 aliphatic rings. The van der Waals surface area contributed by atoms with Gasteiger partial charge in [0, 0.05) is 44.0 Å². The first-order chi connectivity index (χ1) is 15.3. The predicted octanol–water partition coefficient (Wildman–Crippen LogP) is 2.35. The van der Waals surface area contributed by atoms with E-state index in [2.05, 4.69) is 20.3 Å². The van der Waals surface area contributed by atoms with E-state index in [4.69, 9.17) is 27.9 Å². The van der Waals surface area contributed by atoms with E-state index in [-0.39, 0.29) is 28.4 Å². The second-order valence-corrected chi connectivity index (χ2v) is 8.56. The highest BCUT2D eigenvalue weighted by Crippen LogP contribution is 2.29. The van der Waals surface area contributed by atoms with Gasteiger partial charge in [0.05, 0.1) is 23.3 Å². The summed E-state index contributed by atoms with van der Waals surface area (Å²) in [7, 11) is 0. The molecule has 0 spiro atoms. The molecule has 2 saturated heterocycles. The number of aryl methyl sites for hydroxylation is 1. The molecule has 0 radical (unpaired) electrons. The molecule has 0 saturated carbocycles. The molecule has 2 aromatic rings. The van der Waals surface area contributed by atoms with Crippen LogP contribution < -0.4 is 15.1 Å². The van der Waals surface area contributed by atoms with Gasteiger partial charge in [0.1, 0.15) is 11.5 Å². The van der Waals surface area contributed by atoms with Gasteiger partial charge in [-0.15, -0.1) is 0 Å². The number of carboxylic acid groups (broad SMARTS) is 1.